The van der Waals surface area contributed by atoms with E-state index in [0.29, 0.717) is 18.4 Å². The first-order chi connectivity index (χ1) is 11.0. The molecule has 1 rings (SSSR count). The Morgan fingerprint density at radius 1 is 1.57 bits per heavy atom. The molecular formula is C18H34IN4-. The fraction of sp³-hybridized carbons (Fsp3) is 0.778. The van der Waals surface area contributed by atoms with E-state index in [-0.39, 0.29) is 27.5 Å². The molecule has 0 amide bonds. The Balaban J connectivity index is 2.95. The van der Waals surface area contributed by atoms with Gasteiger partial charge in [-0.15, -0.1) is 0 Å². The van der Waals surface area contributed by atoms with Gasteiger partial charge in [-0.3, -0.25) is 0 Å². The molecular weight excluding hydrogens is 399 g/mol. The number of alkyl halides is 1. The van der Waals surface area contributed by atoms with Gasteiger partial charge in [0, 0.05) is 0 Å². The molecule has 0 bridgehead atoms. The van der Waals surface area contributed by atoms with E-state index in [2.05, 4.69) is 39.1 Å². The number of halogens is 1. The van der Waals surface area contributed by atoms with Crippen molar-refractivity contribution >= 4 is 11.4 Å². The summed E-state index contributed by atoms with van der Waals surface area (Å²) in [6.45, 7) is 9.49. The quantitative estimate of drug-likeness (QED) is 0.326. The average molecular weight is 433 g/mol. The molecule has 0 aromatic rings. The molecule has 3 N–H and O–H groups in total. The summed E-state index contributed by atoms with van der Waals surface area (Å²) < 4.78 is 6.23. The minimum atomic E-state index is -0.0639. The number of nitrogens with one attached hydrogen (secondary N) is 1. The van der Waals surface area contributed by atoms with Crippen LogP contribution >= 0.6 is 0 Å². The second kappa shape index (κ2) is 11.2. The SMILES string of the molecule is CCC[C@H](C)[C@@H](N)CN=C(C=C(C)NC)C1=N[I-]CCC[C@H]1C. The van der Waals surface area contributed by atoms with Gasteiger partial charge in [0.2, 0.25) is 0 Å². The molecule has 134 valence electrons. The molecule has 0 saturated heterocycles. The van der Waals surface area contributed by atoms with Crippen molar-refractivity contribution in [3.63, 3.8) is 0 Å². The number of aliphatic imine (C=N–C) groups is 1. The summed E-state index contributed by atoms with van der Waals surface area (Å²) in [6, 6.07) is 0.129. The number of rotatable bonds is 8. The Hall–Kier alpha value is -0.430. The van der Waals surface area contributed by atoms with E-state index in [0.717, 1.165) is 11.4 Å². The van der Waals surface area contributed by atoms with E-state index < -0.39 is 0 Å². The second-order valence-corrected chi connectivity index (χ2v) is 8.80. The molecule has 4 nitrogen and oxygen atoms in total. The van der Waals surface area contributed by atoms with Crippen molar-refractivity contribution in [2.45, 2.75) is 59.4 Å². The summed E-state index contributed by atoms with van der Waals surface area (Å²) in [7, 11) is 1.95. The van der Waals surface area contributed by atoms with Gasteiger partial charge in [0.1, 0.15) is 0 Å². The Kier molecular flexibility index (Phi) is 10.0. The first-order valence-electron chi connectivity index (χ1n) is 8.82. The molecule has 0 unspecified atom stereocenters. The summed E-state index contributed by atoms with van der Waals surface area (Å²) in [4.78, 5) is 4.89. The maximum atomic E-state index is 6.33. The molecule has 0 aromatic heterocycles. The van der Waals surface area contributed by atoms with Crippen molar-refractivity contribution in [2.75, 3.05) is 18.0 Å². The predicted molar refractivity (Wildman–Crippen MR) is 97.9 cm³/mol. The first-order valence-corrected chi connectivity index (χ1v) is 11.3. The van der Waals surface area contributed by atoms with Crippen LogP contribution in [0.2, 0.25) is 0 Å². The molecule has 23 heavy (non-hydrogen) atoms. The van der Waals surface area contributed by atoms with Crippen LogP contribution in [0.4, 0.5) is 0 Å². The van der Waals surface area contributed by atoms with Crippen LogP contribution in [0, 0.1) is 11.8 Å². The van der Waals surface area contributed by atoms with Crippen LogP contribution in [-0.2, 0) is 0 Å². The summed E-state index contributed by atoms with van der Waals surface area (Å²) in [5.41, 5.74) is 9.71. The van der Waals surface area contributed by atoms with Crippen LogP contribution < -0.4 is 32.5 Å². The first kappa shape index (κ1) is 20.6. The van der Waals surface area contributed by atoms with Crippen molar-refractivity contribution in [1.82, 2.24) is 5.32 Å². The van der Waals surface area contributed by atoms with E-state index in [1.807, 2.05) is 7.05 Å². The van der Waals surface area contributed by atoms with Crippen LogP contribution in [0.5, 0.6) is 0 Å². The molecule has 0 spiro atoms. The van der Waals surface area contributed by atoms with E-state index in [9.17, 15) is 0 Å². The zero-order valence-corrected chi connectivity index (χ0v) is 17.6. The van der Waals surface area contributed by atoms with E-state index in [1.54, 1.807) is 0 Å². The third kappa shape index (κ3) is 7.33. The van der Waals surface area contributed by atoms with Gasteiger partial charge in [0.05, 0.1) is 0 Å². The number of hydrogen-bond donors (Lipinski definition) is 2. The molecule has 1 heterocycles. The second-order valence-electron chi connectivity index (χ2n) is 6.55. The Morgan fingerprint density at radius 2 is 2.30 bits per heavy atom. The third-order valence-electron chi connectivity index (χ3n) is 4.43. The van der Waals surface area contributed by atoms with Gasteiger partial charge in [0.25, 0.3) is 0 Å². The number of nitrogens with zero attached hydrogens (tertiary/aromatic N) is 2. The topological polar surface area (TPSA) is 62.8 Å². The van der Waals surface area contributed by atoms with Gasteiger partial charge < -0.3 is 0 Å². The van der Waals surface area contributed by atoms with Crippen molar-refractivity contribution in [3.8, 4) is 0 Å². The molecule has 3 atom stereocenters. The van der Waals surface area contributed by atoms with Gasteiger partial charge in [-0.05, 0) is 0 Å². The fourth-order valence-electron chi connectivity index (χ4n) is 2.60. The third-order valence-corrected chi connectivity index (χ3v) is 6.54. The minimum absolute atomic E-state index is 0.0639. The molecule has 1 aliphatic heterocycles. The van der Waals surface area contributed by atoms with Gasteiger partial charge in [-0.1, -0.05) is 0 Å². The van der Waals surface area contributed by atoms with Gasteiger partial charge in [-0.2, -0.15) is 0 Å². The van der Waals surface area contributed by atoms with Crippen molar-refractivity contribution < 1.29 is 21.5 Å². The number of hydrogen-bond acceptors (Lipinski definition) is 4. The van der Waals surface area contributed by atoms with Crippen molar-refractivity contribution in [2.24, 2.45) is 25.8 Å². The zero-order valence-electron chi connectivity index (χ0n) is 15.4. The van der Waals surface area contributed by atoms with Crippen LogP contribution in [0.25, 0.3) is 0 Å². The van der Waals surface area contributed by atoms with Crippen LogP contribution in [0.15, 0.2) is 20.0 Å². The molecule has 5 heteroatoms. The maximum absolute atomic E-state index is 6.33. The molecule has 0 saturated carbocycles. The molecule has 0 aromatic carbocycles. The predicted octanol–water partition coefficient (Wildman–Crippen LogP) is 0.189. The summed E-state index contributed by atoms with van der Waals surface area (Å²) in [5.74, 6) is 1.02. The van der Waals surface area contributed by atoms with Gasteiger partial charge in [-0.25, -0.2) is 0 Å². The van der Waals surface area contributed by atoms with Crippen LogP contribution in [0.3, 0.4) is 0 Å². The Labute approximate surface area is 153 Å². The molecule has 1 aliphatic rings. The van der Waals surface area contributed by atoms with Crippen molar-refractivity contribution in [1.29, 1.82) is 0 Å². The molecule has 0 fully saturated rings. The van der Waals surface area contributed by atoms with Gasteiger partial charge >= 0.3 is 153 Å². The molecule has 0 radical (unpaired) electrons. The molecule has 0 aliphatic carbocycles. The number of allylic oxidation sites excluding steroid dienone is 2. The number of nitrogens with two attached hydrogens (primary N) is 1. The van der Waals surface area contributed by atoms with E-state index >= 15 is 0 Å². The zero-order chi connectivity index (χ0) is 17.2. The average Bonchev–Trinajstić information content (AvgIpc) is 2.75. The fourth-order valence-corrected chi connectivity index (χ4v) is 4.71. The summed E-state index contributed by atoms with van der Waals surface area (Å²) in [6.07, 6.45) is 7.01. The Morgan fingerprint density at radius 3 is 2.96 bits per heavy atom. The monoisotopic (exact) mass is 433 g/mol. The van der Waals surface area contributed by atoms with Crippen LogP contribution in [0.1, 0.15) is 53.4 Å². The van der Waals surface area contributed by atoms with E-state index in [1.165, 1.54) is 35.8 Å². The van der Waals surface area contributed by atoms with Crippen LogP contribution in [-0.4, -0.2) is 35.5 Å². The summed E-state index contributed by atoms with van der Waals surface area (Å²) >= 11 is -0.0639. The van der Waals surface area contributed by atoms with E-state index in [4.69, 9.17) is 13.9 Å². The summed E-state index contributed by atoms with van der Waals surface area (Å²) in [5, 5.41) is 3.20. The normalized spacial score (nSPS) is 23.4. The van der Waals surface area contributed by atoms with Gasteiger partial charge in [0.15, 0.2) is 0 Å². The van der Waals surface area contributed by atoms with Crippen molar-refractivity contribution in [3.05, 3.63) is 11.8 Å². The Bertz CT molecular complexity index is 442. The standard InChI is InChI=1S/C18H34IN4/c1-6-8-13(2)16(20)12-22-17(11-15(4)21-5)18-14(3)9-7-10-19-23-18/h11,13-14,16,21H,6-10,12,20H2,1-5H3/q-1/t13-,14+,16-/m0/s1.